The summed E-state index contributed by atoms with van der Waals surface area (Å²) in [5, 5.41) is 0. The molecule has 0 amide bonds. The molecule has 2 aliphatic heterocycles. The van der Waals surface area contributed by atoms with Gasteiger partial charge in [-0.25, -0.2) is 0 Å². The van der Waals surface area contributed by atoms with Gasteiger partial charge in [-0.1, -0.05) is 18.2 Å². The van der Waals surface area contributed by atoms with Gasteiger partial charge < -0.3 is 14.4 Å². The summed E-state index contributed by atoms with van der Waals surface area (Å²) >= 11 is 0. The first-order chi connectivity index (χ1) is 9.33. The van der Waals surface area contributed by atoms with Gasteiger partial charge in [0.05, 0.1) is 0 Å². The van der Waals surface area contributed by atoms with Gasteiger partial charge in [-0.15, -0.1) is 0 Å². The molecule has 0 spiro atoms. The monoisotopic (exact) mass is 259 g/mol. The molecule has 2 heterocycles. The summed E-state index contributed by atoms with van der Waals surface area (Å²) in [5.74, 6) is 0. The van der Waals surface area contributed by atoms with E-state index >= 15 is 0 Å². The standard InChI is InChI=1S/C16H21NO2/c18-13-16(7-10-19-11-8-16)12-17-9-3-5-14-4-1-2-6-15(14)17/h1-2,4,6,13H,3,5,7-12H2. The number of hydrogen-bond donors (Lipinski definition) is 0. The van der Waals surface area contributed by atoms with Crippen molar-refractivity contribution in [2.24, 2.45) is 5.41 Å². The van der Waals surface area contributed by atoms with Gasteiger partial charge in [-0.3, -0.25) is 0 Å². The third-order valence-corrected chi connectivity index (χ3v) is 4.45. The molecule has 0 N–H and O–H groups in total. The largest absolute Gasteiger partial charge is 0.381 e. The molecule has 19 heavy (non-hydrogen) atoms. The first-order valence-electron chi connectivity index (χ1n) is 7.20. The number of fused-ring (bicyclic) bond motifs is 1. The molecule has 0 aromatic heterocycles. The van der Waals surface area contributed by atoms with Crippen molar-refractivity contribution < 1.29 is 9.53 Å². The van der Waals surface area contributed by atoms with Crippen LogP contribution >= 0.6 is 0 Å². The Bertz CT molecular complexity index is 452. The Morgan fingerprint density at radius 3 is 2.84 bits per heavy atom. The third-order valence-electron chi connectivity index (χ3n) is 4.45. The fourth-order valence-electron chi connectivity index (χ4n) is 3.25. The average Bonchev–Trinajstić information content (AvgIpc) is 2.49. The fourth-order valence-corrected chi connectivity index (χ4v) is 3.25. The predicted molar refractivity (Wildman–Crippen MR) is 75.5 cm³/mol. The minimum Gasteiger partial charge on any atom is -0.381 e. The molecule has 0 bridgehead atoms. The highest BCUT2D eigenvalue weighted by Crippen LogP contribution is 2.34. The first kappa shape index (κ1) is 12.7. The van der Waals surface area contributed by atoms with E-state index in [9.17, 15) is 4.79 Å². The van der Waals surface area contributed by atoms with E-state index in [-0.39, 0.29) is 5.41 Å². The molecule has 0 atom stereocenters. The lowest BCUT2D eigenvalue weighted by atomic mass is 9.80. The van der Waals surface area contributed by atoms with Crippen molar-refractivity contribution in [3.63, 3.8) is 0 Å². The summed E-state index contributed by atoms with van der Waals surface area (Å²) < 4.78 is 5.41. The van der Waals surface area contributed by atoms with Gasteiger partial charge in [0.2, 0.25) is 0 Å². The lowest BCUT2D eigenvalue weighted by Crippen LogP contribution is -2.44. The highest BCUT2D eigenvalue weighted by Gasteiger charge is 2.35. The zero-order valence-electron chi connectivity index (χ0n) is 11.3. The minimum atomic E-state index is -0.206. The Kier molecular flexibility index (Phi) is 3.56. The normalized spacial score (nSPS) is 21.8. The molecule has 0 saturated carbocycles. The number of carbonyl (C=O) groups is 1. The van der Waals surface area contributed by atoms with Gasteiger partial charge in [-0.05, 0) is 37.3 Å². The van der Waals surface area contributed by atoms with E-state index in [0.29, 0.717) is 13.2 Å². The zero-order chi connectivity index (χ0) is 13.1. The van der Waals surface area contributed by atoms with Crippen molar-refractivity contribution in [1.82, 2.24) is 0 Å². The molecule has 0 radical (unpaired) electrons. The van der Waals surface area contributed by atoms with E-state index in [1.54, 1.807) is 0 Å². The van der Waals surface area contributed by atoms with Crippen LogP contribution in [0.5, 0.6) is 0 Å². The van der Waals surface area contributed by atoms with Gasteiger partial charge >= 0.3 is 0 Å². The second kappa shape index (κ2) is 5.33. The Morgan fingerprint density at radius 2 is 2.05 bits per heavy atom. The molecule has 3 nitrogen and oxygen atoms in total. The molecule has 3 heteroatoms. The second-order valence-electron chi connectivity index (χ2n) is 5.75. The second-order valence-corrected chi connectivity index (χ2v) is 5.75. The Hall–Kier alpha value is -1.35. The number of hydrogen-bond acceptors (Lipinski definition) is 3. The van der Waals surface area contributed by atoms with Crippen molar-refractivity contribution in [3.05, 3.63) is 29.8 Å². The lowest BCUT2D eigenvalue weighted by molar-refractivity contribution is -0.120. The van der Waals surface area contributed by atoms with Crippen LogP contribution in [0.3, 0.4) is 0 Å². The molecule has 0 unspecified atom stereocenters. The SMILES string of the molecule is O=CC1(CN2CCCc3ccccc32)CCOCC1. The van der Waals surface area contributed by atoms with Crippen molar-refractivity contribution in [3.8, 4) is 0 Å². The molecule has 1 saturated heterocycles. The maximum atomic E-state index is 11.6. The number of carbonyl (C=O) groups excluding carboxylic acids is 1. The van der Waals surface area contributed by atoms with Gasteiger partial charge in [0.1, 0.15) is 6.29 Å². The van der Waals surface area contributed by atoms with E-state index in [1.807, 2.05) is 0 Å². The summed E-state index contributed by atoms with van der Waals surface area (Å²) in [4.78, 5) is 14.0. The van der Waals surface area contributed by atoms with Crippen LogP contribution in [0.15, 0.2) is 24.3 Å². The summed E-state index contributed by atoms with van der Waals surface area (Å²) in [7, 11) is 0. The van der Waals surface area contributed by atoms with Gasteiger partial charge in [0.25, 0.3) is 0 Å². The topological polar surface area (TPSA) is 29.5 Å². The molecular formula is C16H21NO2. The number of para-hydroxylation sites is 1. The number of aldehydes is 1. The molecule has 102 valence electrons. The summed E-state index contributed by atoms with van der Waals surface area (Å²) in [6.07, 6.45) is 5.23. The number of aryl methyl sites for hydroxylation is 1. The van der Waals surface area contributed by atoms with Crippen LogP contribution in [0.1, 0.15) is 24.8 Å². The molecule has 1 aromatic rings. The average molecular weight is 259 g/mol. The molecule has 1 aromatic carbocycles. The molecule has 3 rings (SSSR count). The fraction of sp³-hybridized carbons (Fsp3) is 0.562. The summed E-state index contributed by atoms with van der Waals surface area (Å²) in [5.41, 5.74) is 2.53. The van der Waals surface area contributed by atoms with Crippen LogP contribution in [-0.4, -0.2) is 32.6 Å². The van der Waals surface area contributed by atoms with Crippen LogP contribution < -0.4 is 4.90 Å². The Morgan fingerprint density at radius 1 is 1.26 bits per heavy atom. The lowest BCUT2D eigenvalue weighted by Gasteiger charge is -2.40. The van der Waals surface area contributed by atoms with Gasteiger partial charge in [0, 0.05) is 37.4 Å². The molecular weight excluding hydrogens is 238 g/mol. The van der Waals surface area contributed by atoms with E-state index in [0.717, 1.165) is 32.4 Å². The highest BCUT2D eigenvalue weighted by atomic mass is 16.5. The third kappa shape index (κ3) is 2.52. The number of nitrogens with zero attached hydrogens (tertiary/aromatic N) is 1. The quantitative estimate of drug-likeness (QED) is 0.781. The minimum absolute atomic E-state index is 0.206. The number of ether oxygens (including phenoxy) is 1. The van der Waals surface area contributed by atoms with Crippen LogP contribution in [0.2, 0.25) is 0 Å². The van der Waals surface area contributed by atoms with Crippen molar-refractivity contribution in [2.45, 2.75) is 25.7 Å². The van der Waals surface area contributed by atoms with Crippen molar-refractivity contribution in [2.75, 3.05) is 31.2 Å². The van der Waals surface area contributed by atoms with Crippen LogP contribution in [0.25, 0.3) is 0 Å². The number of benzene rings is 1. The maximum absolute atomic E-state index is 11.6. The van der Waals surface area contributed by atoms with Crippen molar-refractivity contribution >= 4 is 12.0 Å². The van der Waals surface area contributed by atoms with Gasteiger partial charge in [0.15, 0.2) is 0 Å². The Balaban J connectivity index is 1.81. The summed E-state index contributed by atoms with van der Waals surface area (Å²) in [6.45, 7) is 3.34. The predicted octanol–water partition coefficient (Wildman–Crippen LogP) is 2.43. The zero-order valence-corrected chi connectivity index (χ0v) is 11.3. The van der Waals surface area contributed by atoms with Crippen LogP contribution in [0, 0.1) is 5.41 Å². The van der Waals surface area contributed by atoms with Gasteiger partial charge in [-0.2, -0.15) is 0 Å². The van der Waals surface area contributed by atoms with E-state index < -0.39 is 0 Å². The van der Waals surface area contributed by atoms with E-state index in [1.165, 1.54) is 24.0 Å². The van der Waals surface area contributed by atoms with E-state index in [4.69, 9.17) is 4.74 Å². The molecule has 2 aliphatic rings. The molecule has 0 aliphatic carbocycles. The number of rotatable bonds is 3. The van der Waals surface area contributed by atoms with Crippen LogP contribution in [0.4, 0.5) is 5.69 Å². The Labute approximate surface area is 114 Å². The summed E-state index contributed by atoms with van der Waals surface area (Å²) in [6, 6.07) is 8.59. The van der Waals surface area contributed by atoms with Crippen molar-refractivity contribution in [1.29, 1.82) is 0 Å². The number of anilines is 1. The smallest absolute Gasteiger partial charge is 0.128 e. The van der Waals surface area contributed by atoms with E-state index in [2.05, 4.69) is 29.2 Å². The molecule has 1 fully saturated rings. The highest BCUT2D eigenvalue weighted by molar-refractivity contribution is 5.63. The first-order valence-corrected chi connectivity index (χ1v) is 7.20. The maximum Gasteiger partial charge on any atom is 0.128 e. The van der Waals surface area contributed by atoms with Crippen LogP contribution in [-0.2, 0) is 16.0 Å².